The van der Waals surface area contributed by atoms with Crippen LogP contribution < -0.4 is 0 Å². The molecule has 0 radical (unpaired) electrons. The van der Waals surface area contributed by atoms with Crippen molar-refractivity contribution in [1.29, 1.82) is 0 Å². The minimum Gasteiger partial charge on any atom is -0.493 e. The largest absolute Gasteiger partial charge is 0.493 e. The van der Waals surface area contributed by atoms with Crippen LogP contribution in [0.3, 0.4) is 0 Å². The van der Waals surface area contributed by atoms with Crippen LogP contribution in [0, 0.1) is 5.92 Å². The highest BCUT2D eigenvalue weighted by Crippen LogP contribution is 2.34. The number of hydrogen-bond acceptors (Lipinski definition) is 3. The van der Waals surface area contributed by atoms with Crippen LogP contribution >= 0.6 is 11.8 Å². The van der Waals surface area contributed by atoms with Gasteiger partial charge in [-0.3, -0.25) is 4.79 Å². The van der Waals surface area contributed by atoms with Gasteiger partial charge in [-0.1, -0.05) is 63.9 Å². The molecule has 0 aliphatic carbocycles. The van der Waals surface area contributed by atoms with Crippen molar-refractivity contribution in [1.82, 2.24) is 0 Å². The molecule has 0 saturated carbocycles. The molecule has 0 N–H and O–H groups in total. The van der Waals surface area contributed by atoms with Gasteiger partial charge in [-0.15, -0.1) is 0 Å². The lowest BCUT2D eigenvalue weighted by molar-refractivity contribution is -0.107. The van der Waals surface area contributed by atoms with Gasteiger partial charge in [0, 0.05) is 6.08 Å². The summed E-state index contributed by atoms with van der Waals surface area (Å²) in [6.45, 7) is 8.61. The molecule has 0 amide bonds. The average molecular weight is 268 g/mol. The lowest BCUT2D eigenvalue weighted by Crippen LogP contribution is -2.11. The van der Waals surface area contributed by atoms with Crippen LogP contribution in [-0.2, 0) is 9.53 Å². The minimum atomic E-state index is 0.125. The number of carbonyl (C=O) groups is 1. The van der Waals surface area contributed by atoms with E-state index >= 15 is 0 Å². The third-order valence-electron chi connectivity index (χ3n) is 3.12. The molecule has 0 saturated heterocycles. The lowest BCUT2D eigenvalue weighted by Gasteiger charge is -2.18. The topological polar surface area (TPSA) is 26.3 Å². The summed E-state index contributed by atoms with van der Waals surface area (Å²) in [6, 6.07) is 0. The molecular formula is C15H24O2S. The molecule has 2 nitrogen and oxygen atoms in total. The fourth-order valence-electron chi connectivity index (χ4n) is 2.12. The van der Waals surface area contributed by atoms with E-state index in [2.05, 4.69) is 20.4 Å². The molecule has 0 fully saturated rings. The van der Waals surface area contributed by atoms with E-state index in [-0.39, 0.29) is 10.4 Å². The number of carbonyl (C=O) groups excluding carboxylic acids is 1. The average Bonchev–Trinajstić information content (AvgIpc) is 2.67. The van der Waals surface area contributed by atoms with Crippen molar-refractivity contribution in [2.75, 3.05) is 6.61 Å². The fraction of sp³-hybridized carbons (Fsp3) is 0.667. The summed E-state index contributed by atoms with van der Waals surface area (Å²) in [7, 11) is 0. The van der Waals surface area contributed by atoms with Gasteiger partial charge in [0.25, 0.3) is 0 Å². The summed E-state index contributed by atoms with van der Waals surface area (Å²) in [6.07, 6.45) is 9.48. The highest BCUT2D eigenvalue weighted by molar-refractivity contribution is 8.15. The first-order chi connectivity index (χ1) is 8.67. The first kappa shape index (κ1) is 15.4. The first-order valence-electron chi connectivity index (χ1n) is 6.83. The highest BCUT2D eigenvalue weighted by Gasteiger charge is 2.28. The standard InChI is InChI=1S/C15H24O2S/c1-4-6-7-8-12(3)10-14-13(17-9-5-2)11-15(16)18-14/h5,11-12,14H,2,4,6-10H2,1,3H3. The second-order valence-electron chi connectivity index (χ2n) is 4.91. The lowest BCUT2D eigenvalue weighted by atomic mass is 9.97. The van der Waals surface area contributed by atoms with Crippen LogP contribution in [0.5, 0.6) is 0 Å². The van der Waals surface area contributed by atoms with E-state index in [1.54, 1.807) is 12.2 Å². The van der Waals surface area contributed by atoms with Crippen molar-refractivity contribution >= 4 is 16.9 Å². The Labute approximate surface area is 115 Å². The maximum absolute atomic E-state index is 11.4. The Bertz CT molecular complexity index is 310. The van der Waals surface area contributed by atoms with Gasteiger partial charge in [-0.25, -0.2) is 0 Å². The fourth-order valence-corrected chi connectivity index (χ4v) is 3.26. The number of ether oxygens (including phenoxy) is 1. The smallest absolute Gasteiger partial charge is 0.216 e. The zero-order chi connectivity index (χ0) is 13.4. The van der Waals surface area contributed by atoms with Crippen LogP contribution in [0.4, 0.5) is 0 Å². The highest BCUT2D eigenvalue weighted by atomic mass is 32.2. The Balaban J connectivity index is 2.37. The second-order valence-corrected chi connectivity index (χ2v) is 6.12. The van der Waals surface area contributed by atoms with Crippen LogP contribution in [0.2, 0.25) is 0 Å². The van der Waals surface area contributed by atoms with E-state index in [0.29, 0.717) is 12.5 Å². The Kier molecular flexibility index (Phi) is 7.18. The maximum Gasteiger partial charge on any atom is 0.216 e. The van der Waals surface area contributed by atoms with Crippen molar-refractivity contribution < 1.29 is 9.53 Å². The third kappa shape index (κ3) is 5.30. The molecule has 1 rings (SSSR count). The monoisotopic (exact) mass is 268 g/mol. The summed E-state index contributed by atoms with van der Waals surface area (Å²) in [5.41, 5.74) is 0. The zero-order valence-corrected chi connectivity index (χ0v) is 12.3. The Morgan fingerprint density at radius 3 is 3.00 bits per heavy atom. The maximum atomic E-state index is 11.4. The molecule has 1 aliphatic rings. The van der Waals surface area contributed by atoms with E-state index in [0.717, 1.165) is 12.2 Å². The summed E-state index contributed by atoms with van der Waals surface area (Å²) < 4.78 is 5.56. The zero-order valence-electron chi connectivity index (χ0n) is 11.5. The van der Waals surface area contributed by atoms with Crippen molar-refractivity contribution in [3.63, 3.8) is 0 Å². The van der Waals surface area contributed by atoms with Crippen molar-refractivity contribution in [3.05, 3.63) is 24.5 Å². The SMILES string of the molecule is C=CCOC1=CC(=O)SC1CC(C)CCCCC. The molecule has 0 aromatic rings. The van der Waals surface area contributed by atoms with Crippen molar-refractivity contribution in [2.24, 2.45) is 5.92 Å². The molecule has 2 unspecified atom stereocenters. The van der Waals surface area contributed by atoms with Gasteiger partial charge in [0.05, 0.1) is 5.25 Å². The van der Waals surface area contributed by atoms with E-state index in [1.807, 2.05) is 0 Å². The molecule has 0 spiro atoms. The van der Waals surface area contributed by atoms with Gasteiger partial charge in [0.2, 0.25) is 5.12 Å². The predicted molar refractivity (Wildman–Crippen MR) is 78.5 cm³/mol. The molecule has 0 bridgehead atoms. The Hall–Kier alpha value is -0.700. The molecule has 0 aromatic carbocycles. The number of rotatable bonds is 9. The molecule has 2 atom stereocenters. The van der Waals surface area contributed by atoms with Gasteiger partial charge in [0.1, 0.15) is 12.4 Å². The van der Waals surface area contributed by atoms with E-state index in [9.17, 15) is 4.79 Å². The summed E-state index contributed by atoms with van der Waals surface area (Å²) in [5, 5.41) is 0.342. The molecule has 102 valence electrons. The van der Waals surface area contributed by atoms with Crippen LogP contribution in [0.15, 0.2) is 24.5 Å². The van der Waals surface area contributed by atoms with Gasteiger partial charge < -0.3 is 4.74 Å². The minimum absolute atomic E-state index is 0.125. The normalized spacial score (nSPS) is 20.7. The van der Waals surface area contributed by atoms with Gasteiger partial charge in [-0.2, -0.15) is 0 Å². The van der Waals surface area contributed by atoms with E-state index in [4.69, 9.17) is 4.74 Å². The second kappa shape index (κ2) is 8.41. The van der Waals surface area contributed by atoms with Crippen LogP contribution in [-0.4, -0.2) is 17.0 Å². The summed E-state index contributed by atoms with van der Waals surface area (Å²) in [5.74, 6) is 1.49. The van der Waals surface area contributed by atoms with Crippen molar-refractivity contribution in [3.8, 4) is 0 Å². The van der Waals surface area contributed by atoms with Gasteiger partial charge >= 0.3 is 0 Å². The number of unbranched alkanes of at least 4 members (excludes halogenated alkanes) is 2. The van der Waals surface area contributed by atoms with E-state index in [1.165, 1.54) is 37.4 Å². The molecular weight excluding hydrogens is 244 g/mol. The third-order valence-corrected chi connectivity index (χ3v) is 4.18. The predicted octanol–water partition coefficient (Wildman–Crippen LogP) is 4.32. The van der Waals surface area contributed by atoms with Crippen LogP contribution in [0.25, 0.3) is 0 Å². The van der Waals surface area contributed by atoms with Crippen molar-refractivity contribution in [2.45, 2.75) is 51.2 Å². The molecule has 18 heavy (non-hydrogen) atoms. The first-order valence-corrected chi connectivity index (χ1v) is 7.71. The molecule has 1 aliphatic heterocycles. The van der Waals surface area contributed by atoms with Gasteiger partial charge in [0.15, 0.2) is 0 Å². The molecule has 1 heterocycles. The molecule has 3 heteroatoms. The van der Waals surface area contributed by atoms with E-state index < -0.39 is 0 Å². The van der Waals surface area contributed by atoms with Crippen LogP contribution in [0.1, 0.15) is 46.0 Å². The number of hydrogen-bond donors (Lipinski definition) is 0. The quantitative estimate of drug-likeness (QED) is 0.460. The van der Waals surface area contributed by atoms with Gasteiger partial charge in [-0.05, 0) is 12.3 Å². The molecule has 0 aromatic heterocycles. The summed E-state index contributed by atoms with van der Waals surface area (Å²) >= 11 is 1.40. The number of thioether (sulfide) groups is 1. The Morgan fingerprint density at radius 1 is 1.56 bits per heavy atom. The summed E-state index contributed by atoms with van der Waals surface area (Å²) in [4.78, 5) is 11.4. The Morgan fingerprint density at radius 2 is 2.33 bits per heavy atom.